The zero-order valence-electron chi connectivity index (χ0n) is 12.2. The van der Waals surface area contributed by atoms with Gasteiger partial charge in [0.1, 0.15) is 0 Å². The van der Waals surface area contributed by atoms with Crippen LogP contribution >= 0.6 is 0 Å². The highest BCUT2D eigenvalue weighted by Gasteiger charge is 2.12. The summed E-state index contributed by atoms with van der Waals surface area (Å²) in [4.78, 5) is 0. The van der Waals surface area contributed by atoms with Gasteiger partial charge in [0.2, 0.25) is 5.89 Å². The first kappa shape index (κ1) is 15.0. The van der Waals surface area contributed by atoms with Crippen molar-refractivity contribution in [2.45, 2.75) is 59.5 Å². The van der Waals surface area contributed by atoms with E-state index in [1.165, 1.54) is 0 Å². The van der Waals surface area contributed by atoms with E-state index in [0.29, 0.717) is 24.4 Å². The van der Waals surface area contributed by atoms with Crippen LogP contribution in [0.15, 0.2) is 4.42 Å². The molecule has 0 aliphatic rings. The zero-order valence-corrected chi connectivity index (χ0v) is 12.2. The van der Waals surface area contributed by atoms with Crippen LogP contribution in [0.25, 0.3) is 0 Å². The first-order chi connectivity index (χ1) is 8.44. The molecule has 0 atom stereocenters. The van der Waals surface area contributed by atoms with E-state index in [-0.39, 0.29) is 5.54 Å². The molecular formula is C13H26N4O. The van der Waals surface area contributed by atoms with Crippen LogP contribution in [0.1, 0.15) is 53.4 Å². The molecular weight excluding hydrogens is 228 g/mol. The van der Waals surface area contributed by atoms with E-state index in [9.17, 15) is 0 Å². The summed E-state index contributed by atoms with van der Waals surface area (Å²) in [7, 11) is 0. The third-order valence-electron chi connectivity index (χ3n) is 2.93. The fraction of sp³-hybridized carbons (Fsp3) is 0.846. The second kappa shape index (κ2) is 6.73. The summed E-state index contributed by atoms with van der Waals surface area (Å²) in [5, 5.41) is 14.5. The van der Waals surface area contributed by atoms with Gasteiger partial charge in [-0.15, -0.1) is 5.10 Å². The molecule has 0 fully saturated rings. The Bertz CT molecular complexity index is 339. The number of nitrogens with one attached hydrogen (secondary N) is 2. The Kier molecular flexibility index (Phi) is 5.59. The van der Waals surface area contributed by atoms with Gasteiger partial charge < -0.3 is 15.1 Å². The van der Waals surface area contributed by atoms with Gasteiger partial charge in [0.15, 0.2) is 0 Å². The number of nitrogens with zero attached hydrogens (tertiary/aromatic N) is 2. The highest BCUT2D eigenvalue weighted by atomic mass is 16.4. The van der Waals surface area contributed by atoms with Gasteiger partial charge in [-0.05, 0) is 26.7 Å². The van der Waals surface area contributed by atoms with Crippen molar-refractivity contribution in [1.29, 1.82) is 0 Å². The quantitative estimate of drug-likeness (QED) is 0.783. The summed E-state index contributed by atoms with van der Waals surface area (Å²) < 4.78 is 5.52. The fourth-order valence-corrected chi connectivity index (χ4v) is 1.55. The number of hydrogen-bond acceptors (Lipinski definition) is 5. The van der Waals surface area contributed by atoms with E-state index < -0.39 is 0 Å². The lowest BCUT2D eigenvalue weighted by molar-refractivity contribution is 0.383. The van der Waals surface area contributed by atoms with E-state index in [1.54, 1.807) is 0 Å². The molecule has 1 heterocycles. The minimum Gasteiger partial charge on any atom is -0.407 e. The number of aromatic nitrogens is 2. The molecule has 0 saturated heterocycles. The number of rotatable bonds is 7. The largest absolute Gasteiger partial charge is 0.407 e. The predicted octanol–water partition coefficient (Wildman–Crippen LogP) is 2.81. The van der Waals surface area contributed by atoms with Gasteiger partial charge in [0.05, 0.1) is 6.54 Å². The topological polar surface area (TPSA) is 63.0 Å². The lowest BCUT2D eigenvalue weighted by Gasteiger charge is -2.18. The molecule has 1 aromatic rings. The van der Waals surface area contributed by atoms with Gasteiger partial charge in [-0.3, -0.25) is 0 Å². The normalized spacial score (nSPS) is 12.1. The van der Waals surface area contributed by atoms with E-state index in [2.05, 4.69) is 55.4 Å². The molecule has 5 heteroatoms. The Hall–Kier alpha value is -1.10. The average Bonchev–Trinajstić information content (AvgIpc) is 2.75. The van der Waals surface area contributed by atoms with Crippen molar-refractivity contribution in [3.63, 3.8) is 0 Å². The minimum atomic E-state index is 0.0532. The second-order valence-electron chi connectivity index (χ2n) is 5.67. The molecule has 0 aliphatic heterocycles. The van der Waals surface area contributed by atoms with Gasteiger partial charge in [-0.1, -0.05) is 31.8 Å². The van der Waals surface area contributed by atoms with Gasteiger partial charge in [0, 0.05) is 12.1 Å². The Morgan fingerprint density at radius 2 is 1.83 bits per heavy atom. The van der Waals surface area contributed by atoms with Crippen LogP contribution < -0.4 is 10.6 Å². The smallest absolute Gasteiger partial charge is 0.315 e. The zero-order chi connectivity index (χ0) is 13.6. The van der Waals surface area contributed by atoms with Crippen molar-refractivity contribution < 1.29 is 4.42 Å². The maximum absolute atomic E-state index is 5.52. The van der Waals surface area contributed by atoms with Crippen molar-refractivity contribution in [2.75, 3.05) is 11.9 Å². The van der Waals surface area contributed by atoms with E-state index in [4.69, 9.17) is 4.42 Å². The lowest BCUT2D eigenvalue weighted by Crippen LogP contribution is -2.35. The maximum atomic E-state index is 5.52. The Morgan fingerprint density at radius 3 is 2.39 bits per heavy atom. The highest BCUT2D eigenvalue weighted by molar-refractivity contribution is 5.16. The van der Waals surface area contributed by atoms with Crippen molar-refractivity contribution in [3.8, 4) is 0 Å². The first-order valence-electron chi connectivity index (χ1n) is 6.76. The van der Waals surface area contributed by atoms with Crippen molar-refractivity contribution in [2.24, 2.45) is 5.92 Å². The monoisotopic (exact) mass is 254 g/mol. The summed E-state index contributed by atoms with van der Waals surface area (Å²) in [6.07, 6.45) is 2.33. The molecule has 0 aliphatic carbocycles. The molecule has 18 heavy (non-hydrogen) atoms. The maximum Gasteiger partial charge on any atom is 0.315 e. The lowest BCUT2D eigenvalue weighted by atomic mass is 10.0. The molecule has 0 bridgehead atoms. The van der Waals surface area contributed by atoms with Gasteiger partial charge in [-0.25, -0.2) is 0 Å². The van der Waals surface area contributed by atoms with Gasteiger partial charge >= 0.3 is 6.01 Å². The van der Waals surface area contributed by atoms with E-state index in [0.717, 1.165) is 19.4 Å². The van der Waals surface area contributed by atoms with Crippen molar-refractivity contribution >= 4 is 6.01 Å². The molecule has 0 spiro atoms. The summed E-state index contributed by atoms with van der Waals surface area (Å²) in [5.74, 6) is 1.28. The highest BCUT2D eigenvalue weighted by Crippen LogP contribution is 2.11. The second-order valence-corrected chi connectivity index (χ2v) is 5.67. The first-order valence-corrected chi connectivity index (χ1v) is 6.76. The van der Waals surface area contributed by atoms with Crippen LogP contribution in [0.3, 0.4) is 0 Å². The van der Waals surface area contributed by atoms with E-state index >= 15 is 0 Å². The molecule has 5 nitrogen and oxygen atoms in total. The number of hydrogen-bond donors (Lipinski definition) is 2. The van der Waals surface area contributed by atoms with Crippen LogP contribution in [-0.2, 0) is 6.54 Å². The van der Waals surface area contributed by atoms with Gasteiger partial charge in [-0.2, -0.15) is 0 Å². The third-order valence-corrected chi connectivity index (χ3v) is 2.93. The summed E-state index contributed by atoms with van der Waals surface area (Å²) in [6.45, 7) is 12.2. The van der Waals surface area contributed by atoms with Crippen molar-refractivity contribution in [1.82, 2.24) is 15.5 Å². The molecule has 0 saturated carbocycles. The third kappa shape index (κ3) is 5.49. The Morgan fingerprint density at radius 1 is 1.17 bits per heavy atom. The summed E-state index contributed by atoms with van der Waals surface area (Å²) in [5.41, 5.74) is 0.0532. The molecule has 0 unspecified atom stereocenters. The summed E-state index contributed by atoms with van der Waals surface area (Å²) >= 11 is 0. The molecule has 0 amide bonds. The van der Waals surface area contributed by atoms with Crippen LogP contribution in [-0.4, -0.2) is 22.3 Å². The van der Waals surface area contributed by atoms with Crippen LogP contribution in [0, 0.1) is 5.92 Å². The van der Waals surface area contributed by atoms with Crippen molar-refractivity contribution in [3.05, 3.63) is 5.89 Å². The number of anilines is 1. The van der Waals surface area contributed by atoms with Crippen LogP contribution in [0.4, 0.5) is 6.01 Å². The SMILES string of the molecule is CCC(CC)CNc1nnc(CNC(C)(C)C)o1. The molecule has 104 valence electrons. The average molecular weight is 254 g/mol. The predicted molar refractivity (Wildman–Crippen MR) is 73.5 cm³/mol. The molecule has 0 radical (unpaired) electrons. The van der Waals surface area contributed by atoms with Gasteiger partial charge in [0.25, 0.3) is 0 Å². The fourth-order valence-electron chi connectivity index (χ4n) is 1.55. The standard InChI is InChI=1S/C13H26N4O/c1-6-10(7-2)8-14-12-17-16-11(18-12)9-15-13(3,4)5/h10,15H,6-9H2,1-5H3,(H,14,17). The minimum absolute atomic E-state index is 0.0532. The molecule has 0 aromatic carbocycles. The molecule has 1 rings (SSSR count). The Balaban J connectivity index is 2.39. The van der Waals surface area contributed by atoms with Crippen LogP contribution in [0.5, 0.6) is 0 Å². The van der Waals surface area contributed by atoms with E-state index in [1.807, 2.05) is 0 Å². The molecule has 2 N–H and O–H groups in total. The molecule has 1 aromatic heterocycles. The Labute approximate surface area is 110 Å². The summed E-state index contributed by atoms with van der Waals surface area (Å²) in [6, 6.07) is 0.521. The van der Waals surface area contributed by atoms with Crippen LogP contribution in [0.2, 0.25) is 0 Å².